The van der Waals surface area contributed by atoms with Crippen LogP contribution in [0.3, 0.4) is 0 Å². The lowest BCUT2D eigenvalue weighted by atomic mass is 9.33. The summed E-state index contributed by atoms with van der Waals surface area (Å²) in [7, 11) is 0. The lowest BCUT2D eigenvalue weighted by Gasteiger charge is -2.72. The molecule has 0 amide bonds. The van der Waals surface area contributed by atoms with E-state index in [4.69, 9.17) is 0 Å². The molecule has 4 saturated carbocycles. The van der Waals surface area contributed by atoms with E-state index in [1.54, 1.807) is 5.57 Å². The van der Waals surface area contributed by atoms with Crippen LogP contribution in [0.15, 0.2) is 11.6 Å². The van der Waals surface area contributed by atoms with Gasteiger partial charge in [-0.2, -0.15) is 0 Å². The quantitative estimate of drug-likeness (QED) is 0.391. The highest BCUT2D eigenvalue weighted by molar-refractivity contribution is 5.34. The van der Waals surface area contributed by atoms with Gasteiger partial charge in [-0.15, -0.1) is 0 Å². The monoisotopic (exact) mass is 442 g/mol. The van der Waals surface area contributed by atoms with Gasteiger partial charge in [0.25, 0.3) is 0 Å². The molecule has 0 spiro atoms. The maximum atomic E-state index is 11.8. The molecule has 0 aromatic heterocycles. The van der Waals surface area contributed by atoms with Gasteiger partial charge in [-0.1, -0.05) is 67.0 Å². The molecule has 32 heavy (non-hydrogen) atoms. The molecule has 5 aliphatic rings. The van der Waals surface area contributed by atoms with Crippen molar-refractivity contribution in [1.29, 1.82) is 0 Å². The molecule has 2 heteroatoms. The first-order chi connectivity index (χ1) is 14.6. The summed E-state index contributed by atoms with van der Waals surface area (Å²) >= 11 is 0. The Bertz CT molecular complexity index is 825. The Morgan fingerprint density at radius 3 is 2.16 bits per heavy atom. The molecule has 2 nitrogen and oxygen atoms in total. The van der Waals surface area contributed by atoms with Crippen LogP contribution < -0.4 is 0 Å². The van der Waals surface area contributed by atoms with Crippen LogP contribution in [0.5, 0.6) is 0 Å². The molecular formula is C30H50O2. The van der Waals surface area contributed by atoms with E-state index in [0.717, 1.165) is 19.3 Å². The summed E-state index contributed by atoms with van der Waals surface area (Å²) in [6.07, 6.45) is 12.8. The molecule has 0 heterocycles. The summed E-state index contributed by atoms with van der Waals surface area (Å²) in [4.78, 5) is 0. The van der Waals surface area contributed by atoms with Crippen molar-refractivity contribution in [3.63, 3.8) is 0 Å². The molecular weight excluding hydrogens is 392 g/mol. The second-order valence-corrected chi connectivity index (χ2v) is 15.4. The van der Waals surface area contributed by atoms with Crippen molar-refractivity contribution in [1.82, 2.24) is 0 Å². The maximum absolute atomic E-state index is 11.8. The van der Waals surface area contributed by atoms with Crippen LogP contribution in [0, 0.1) is 50.2 Å². The van der Waals surface area contributed by atoms with Crippen LogP contribution in [0.4, 0.5) is 0 Å². The first kappa shape index (κ1) is 23.4. The number of hydrogen-bond acceptors (Lipinski definition) is 2. The summed E-state index contributed by atoms with van der Waals surface area (Å²) in [5.74, 6) is 1.47. The van der Waals surface area contributed by atoms with Crippen molar-refractivity contribution in [2.45, 2.75) is 125 Å². The van der Waals surface area contributed by atoms with Crippen molar-refractivity contribution in [3.05, 3.63) is 11.6 Å². The Labute approximate surface area is 197 Å². The number of aliphatic hydroxyl groups is 2. The Hall–Kier alpha value is -0.340. The molecule has 0 aromatic rings. The van der Waals surface area contributed by atoms with E-state index < -0.39 is 0 Å². The first-order valence-electron chi connectivity index (χ1n) is 13.7. The zero-order valence-corrected chi connectivity index (χ0v) is 22.2. The van der Waals surface area contributed by atoms with Crippen LogP contribution in [0.1, 0.15) is 113 Å². The predicted octanol–water partition coefficient (Wildman–Crippen LogP) is 7.14. The number of fused-ring (bicyclic) bond motifs is 7. The van der Waals surface area contributed by atoms with Crippen LogP contribution in [-0.2, 0) is 0 Å². The van der Waals surface area contributed by atoms with Gasteiger partial charge in [0.1, 0.15) is 0 Å². The first-order valence-corrected chi connectivity index (χ1v) is 13.7. The number of aliphatic hydroxyl groups excluding tert-OH is 2. The molecule has 0 radical (unpaired) electrons. The molecule has 9 unspecified atom stereocenters. The minimum absolute atomic E-state index is 0.0901. The lowest BCUT2D eigenvalue weighted by molar-refractivity contribution is -0.241. The topological polar surface area (TPSA) is 40.5 Å². The summed E-state index contributed by atoms with van der Waals surface area (Å²) in [6, 6.07) is 0. The minimum Gasteiger partial charge on any atom is -0.393 e. The SMILES string of the molecule is CC1(C)CCC2(C)CCC3(C)C(=CCC4C5(C)CCC(O)C(C)(C)C5C(O)CC43C)C2C1. The van der Waals surface area contributed by atoms with Gasteiger partial charge in [-0.05, 0) is 108 Å². The molecule has 0 bridgehead atoms. The second kappa shape index (κ2) is 6.66. The van der Waals surface area contributed by atoms with E-state index in [1.165, 1.54) is 38.5 Å². The van der Waals surface area contributed by atoms with Gasteiger partial charge in [0.15, 0.2) is 0 Å². The molecule has 182 valence electrons. The molecule has 0 saturated heterocycles. The van der Waals surface area contributed by atoms with Gasteiger partial charge in [-0.25, -0.2) is 0 Å². The zero-order valence-electron chi connectivity index (χ0n) is 22.2. The van der Waals surface area contributed by atoms with Crippen LogP contribution >= 0.6 is 0 Å². The third-order valence-corrected chi connectivity index (χ3v) is 12.9. The number of allylic oxidation sites excluding steroid dienone is 2. The Kier molecular flexibility index (Phi) is 4.87. The molecule has 0 aliphatic heterocycles. The highest BCUT2D eigenvalue weighted by Crippen LogP contribution is 2.75. The van der Waals surface area contributed by atoms with Crippen molar-refractivity contribution >= 4 is 0 Å². The summed E-state index contributed by atoms with van der Waals surface area (Å²) < 4.78 is 0. The molecule has 5 rings (SSSR count). The van der Waals surface area contributed by atoms with E-state index in [-0.39, 0.29) is 39.8 Å². The van der Waals surface area contributed by atoms with Crippen LogP contribution in [-0.4, -0.2) is 22.4 Å². The highest BCUT2D eigenvalue weighted by atomic mass is 16.3. The molecule has 0 aromatic carbocycles. The van der Waals surface area contributed by atoms with E-state index >= 15 is 0 Å². The Morgan fingerprint density at radius 1 is 0.812 bits per heavy atom. The Balaban J connectivity index is 1.60. The van der Waals surface area contributed by atoms with Crippen molar-refractivity contribution in [2.75, 3.05) is 0 Å². The summed E-state index contributed by atoms with van der Waals surface area (Å²) in [5.41, 5.74) is 2.84. The van der Waals surface area contributed by atoms with E-state index in [1.807, 2.05) is 0 Å². The van der Waals surface area contributed by atoms with E-state index in [2.05, 4.69) is 61.5 Å². The standard InChI is InChI=1S/C30H50O2/c1-25(2)13-14-27(5)15-16-29(7)19(20(27)17-25)9-10-22-28(6)12-11-23(32)26(3,4)24(28)21(31)18-30(22,29)8/h9,20-24,31-32H,10-18H2,1-8H3. The summed E-state index contributed by atoms with van der Waals surface area (Å²) in [5, 5.41) is 22.7. The minimum atomic E-state index is -0.321. The molecule has 2 N–H and O–H groups in total. The smallest absolute Gasteiger partial charge is 0.0595 e. The fraction of sp³-hybridized carbons (Fsp3) is 0.933. The molecule has 9 atom stereocenters. The van der Waals surface area contributed by atoms with Gasteiger partial charge < -0.3 is 10.2 Å². The third-order valence-electron chi connectivity index (χ3n) is 12.9. The average Bonchev–Trinajstić information content (AvgIpc) is 2.67. The molecule has 5 aliphatic carbocycles. The Morgan fingerprint density at radius 2 is 1.47 bits per heavy atom. The lowest BCUT2D eigenvalue weighted by Crippen LogP contribution is -2.68. The average molecular weight is 443 g/mol. The van der Waals surface area contributed by atoms with Crippen LogP contribution in [0.25, 0.3) is 0 Å². The fourth-order valence-electron chi connectivity index (χ4n) is 10.7. The van der Waals surface area contributed by atoms with Crippen molar-refractivity contribution < 1.29 is 10.2 Å². The van der Waals surface area contributed by atoms with Gasteiger partial charge in [0, 0.05) is 0 Å². The van der Waals surface area contributed by atoms with Gasteiger partial charge in [-0.3, -0.25) is 0 Å². The van der Waals surface area contributed by atoms with E-state index in [9.17, 15) is 10.2 Å². The van der Waals surface area contributed by atoms with Gasteiger partial charge >= 0.3 is 0 Å². The summed E-state index contributed by atoms with van der Waals surface area (Å²) in [6.45, 7) is 19.6. The maximum Gasteiger partial charge on any atom is 0.0595 e. The zero-order chi connectivity index (χ0) is 23.5. The van der Waals surface area contributed by atoms with Crippen LogP contribution in [0.2, 0.25) is 0 Å². The van der Waals surface area contributed by atoms with Crippen molar-refractivity contribution in [3.8, 4) is 0 Å². The highest BCUT2D eigenvalue weighted by Gasteiger charge is 2.69. The second-order valence-electron chi connectivity index (χ2n) is 15.4. The van der Waals surface area contributed by atoms with Crippen molar-refractivity contribution in [2.24, 2.45) is 50.2 Å². The third kappa shape index (κ3) is 2.78. The number of hydrogen-bond donors (Lipinski definition) is 2. The number of rotatable bonds is 0. The predicted molar refractivity (Wildman–Crippen MR) is 132 cm³/mol. The largest absolute Gasteiger partial charge is 0.393 e. The molecule has 4 fully saturated rings. The van der Waals surface area contributed by atoms with E-state index in [0.29, 0.717) is 22.7 Å². The fourth-order valence-corrected chi connectivity index (χ4v) is 10.7. The normalized spacial score (nSPS) is 56.2. The van der Waals surface area contributed by atoms with Gasteiger partial charge in [0.05, 0.1) is 12.2 Å². The van der Waals surface area contributed by atoms with Gasteiger partial charge in [0.2, 0.25) is 0 Å².